The van der Waals surface area contributed by atoms with Gasteiger partial charge in [0.2, 0.25) is 0 Å². The van der Waals surface area contributed by atoms with Gasteiger partial charge in [0.05, 0.1) is 18.4 Å². The molecular formula is C14H16N2O2S. The summed E-state index contributed by atoms with van der Waals surface area (Å²) in [6.45, 7) is 2.62. The van der Waals surface area contributed by atoms with E-state index in [-0.39, 0.29) is 5.97 Å². The van der Waals surface area contributed by atoms with Gasteiger partial charge in [-0.1, -0.05) is 0 Å². The van der Waals surface area contributed by atoms with Crippen LogP contribution in [0.4, 0.5) is 5.82 Å². The number of carbonyl (C=O) groups excluding carboxylic acids is 1. The average molecular weight is 276 g/mol. The Labute approximate surface area is 116 Å². The van der Waals surface area contributed by atoms with Crippen LogP contribution in [0.1, 0.15) is 21.6 Å². The summed E-state index contributed by atoms with van der Waals surface area (Å²) < 4.78 is 4.69. The van der Waals surface area contributed by atoms with Crippen molar-refractivity contribution in [3.05, 3.63) is 45.8 Å². The molecule has 2 rings (SSSR count). The monoisotopic (exact) mass is 276 g/mol. The molecule has 0 fully saturated rings. The van der Waals surface area contributed by atoms with Gasteiger partial charge in [-0.3, -0.25) is 0 Å². The molecule has 0 aliphatic rings. The van der Waals surface area contributed by atoms with Crippen molar-refractivity contribution in [2.24, 2.45) is 0 Å². The topological polar surface area (TPSA) is 51.2 Å². The highest BCUT2D eigenvalue weighted by Crippen LogP contribution is 2.12. The number of hydrogen-bond acceptors (Lipinski definition) is 5. The quantitative estimate of drug-likeness (QED) is 0.853. The van der Waals surface area contributed by atoms with E-state index in [1.807, 2.05) is 0 Å². The zero-order valence-corrected chi connectivity index (χ0v) is 11.8. The van der Waals surface area contributed by atoms with Gasteiger partial charge in [0.25, 0.3) is 0 Å². The normalized spacial score (nSPS) is 10.2. The molecule has 0 aliphatic carbocycles. The minimum atomic E-state index is -0.352. The zero-order chi connectivity index (χ0) is 13.7. The Kier molecular flexibility index (Phi) is 4.52. The number of aryl methyl sites for hydroxylation is 1. The molecule has 5 heteroatoms. The van der Waals surface area contributed by atoms with E-state index in [1.165, 1.54) is 12.7 Å². The van der Waals surface area contributed by atoms with Crippen molar-refractivity contribution in [2.75, 3.05) is 19.0 Å². The van der Waals surface area contributed by atoms with Crippen LogP contribution in [0.2, 0.25) is 0 Å². The fourth-order valence-corrected chi connectivity index (χ4v) is 2.46. The van der Waals surface area contributed by atoms with Crippen molar-refractivity contribution >= 4 is 23.1 Å². The Morgan fingerprint density at radius 2 is 2.26 bits per heavy atom. The second kappa shape index (κ2) is 6.33. The van der Waals surface area contributed by atoms with E-state index in [2.05, 4.69) is 31.9 Å². The Bertz CT molecular complexity index is 553. The first-order valence-electron chi connectivity index (χ1n) is 6.01. The van der Waals surface area contributed by atoms with Crippen LogP contribution < -0.4 is 5.32 Å². The Balaban J connectivity index is 1.94. The SMILES string of the molecule is COC(=O)c1ccc(NCCc2ccsc2)nc1C. The number of pyridine rings is 1. The molecule has 1 N–H and O–H groups in total. The molecule has 2 aromatic rings. The van der Waals surface area contributed by atoms with Crippen molar-refractivity contribution in [1.82, 2.24) is 4.98 Å². The van der Waals surface area contributed by atoms with Crippen molar-refractivity contribution in [1.29, 1.82) is 0 Å². The van der Waals surface area contributed by atoms with Crippen molar-refractivity contribution in [2.45, 2.75) is 13.3 Å². The predicted molar refractivity (Wildman–Crippen MR) is 76.8 cm³/mol. The molecule has 2 heterocycles. The van der Waals surface area contributed by atoms with E-state index < -0.39 is 0 Å². The molecule has 0 aliphatic heterocycles. The summed E-state index contributed by atoms with van der Waals surface area (Å²) >= 11 is 1.70. The maximum absolute atomic E-state index is 11.4. The van der Waals surface area contributed by atoms with Crippen LogP contribution in [0.5, 0.6) is 0 Å². The van der Waals surface area contributed by atoms with E-state index in [9.17, 15) is 4.79 Å². The minimum Gasteiger partial charge on any atom is -0.465 e. The highest BCUT2D eigenvalue weighted by molar-refractivity contribution is 7.07. The molecule has 0 aromatic carbocycles. The van der Waals surface area contributed by atoms with E-state index >= 15 is 0 Å². The number of rotatable bonds is 5. The maximum atomic E-state index is 11.4. The first kappa shape index (κ1) is 13.5. The standard InChI is InChI=1S/C14H16N2O2S/c1-10-12(14(17)18-2)3-4-13(16-10)15-7-5-11-6-8-19-9-11/h3-4,6,8-9H,5,7H2,1-2H3,(H,15,16). The van der Waals surface area contributed by atoms with Crippen molar-refractivity contribution in [3.63, 3.8) is 0 Å². The average Bonchev–Trinajstić information content (AvgIpc) is 2.91. The van der Waals surface area contributed by atoms with Gasteiger partial charge < -0.3 is 10.1 Å². The van der Waals surface area contributed by atoms with Crippen LogP contribution in [0.25, 0.3) is 0 Å². The lowest BCUT2D eigenvalue weighted by Crippen LogP contribution is -2.09. The molecule has 0 amide bonds. The molecule has 0 atom stereocenters. The van der Waals surface area contributed by atoms with Gasteiger partial charge in [-0.15, -0.1) is 0 Å². The van der Waals surface area contributed by atoms with Crippen LogP contribution >= 0.6 is 11.3 Å². The molecule has 2 aromatic heterocycles. The van der Waals surface area contributed by atoms with E-state index in [0.717, 1.165) is 18.8 Å². The number of ether oxygens (including phenoxy) is 1. The first-order valence-corrected chi connectivity index (χ1v) is 6.96. The van der Waals surface area contributed by atoms with E-state index in [4.69, 9.17) is 0 Å². The number of thiophene rings is 1. The summed E-state index contributed by atoms with van der Waals surface area (Å²) in [7, 11) is 1.37. The zero-order valence-electron chi connectivity index (χ0n) is 11.0. The van der Waals surface area contributed by atoms with Gasteiger partial charge in [0, 0.05) is 6.54 Å². The smallest absolute Gasteiger partial charge is 0.339 e. The number of hydrogen-bond donors (Lipinski definition) is 1. The number of nitrogens with one attached hydrogen (secondary N) is 1. The van der Waals surface area contributed by atoms with Crippen LogP contribution in [-0.2, 0) is 11.2 Å². The van der Waals surface area contributed by atoms with Gasteiger partial charge in [-0.25, -0.2) is 9.78 Å². The van der Waals surface area contributed by atoms with Crippen LogP contribution in [0.3, 0.4) is 0 Å². The number of anilines is 1. The number of aromatic nitrogens is 1. The number of esters is 1. The van der Waals surface area contributed by atoms with Gasteiger partial charge in [-0.2, -0.15) is 11.3 Å². The first-order chi connectivity index (χ1) is 9.20. The highest BCUT2D eigenvalue weighted by atomic mass is 32.1. The number of methoxy groups -OCH3 is 1. The third-order valence-corrected chi connectivity index (χ3v) is 3.52. The summed E-state index contributed by atoms with van der Waals surface area (Å²) in [6, 6.07) is 5.65. The summed E-state index contributed by atoms with van der Waals surface area (Å²) in [6.07, 6.45) is 0.961. The summed E-state index contributed by atoms with van der Waals surface area (Å²) in [5.41, 5.74) is 2.50. The highest BCUT2D eigenvalue weighted by Gasteiger charge is 2.10. The molecule has 19 heavy (non-hydrogen) atoms. The molecular weight excluding hydrogens is 260 g/mol. The van der Waals surface area contributed by atoms with Crippen molar-refractivity contribution < 1.29 is 9.53 Å². The lowest BCUT2D eigenvalue weighted by molar-refractivity contribution is 0.0599. The Hall–Kier alpha value is -1.88. The van der Waals surface area contributed by atoms with E-state index in [1.54, 1.807) is 30.4 Å². The molecule has 100 valence electrons. The maximum Gasteiger partial charge on any atom is 0.339 e. The van der Waals surface area contributed by atoms with Gasteiger partial charge in [-0.05, 0) is 47.9 Å². The lowest BCUT2D eigenvalue weighted by atomic mass is 10.2. The molecule has 0 saturated heterocycles. The number of nitrogens with zero attached hydrogens (tertiary/aromatic N) is 1. The molecule has 0 radical (unpaired) electrons. The minimum absolute atomic E-state index is 0.352. The summed E-state index contributed by atoms with van der Waals surface area (Å²) in [4.78, 5) is 15.8. The second-order valence-corrected chi connectivity index (χ2v) is 4.91. The fraction of sp³-hybridized carbons (Fsp3) is 0.286. The van der Waals surface area contributed by atoms with Gasteiger partial charge in [0.1, 0.15) is 5.82 Å². The molecule has 0 bridgehead atoms. The Morgan fingerprint density at radius 3 is 2.89 bits per heavy atom. The predicted octanol–water partition coefficient (Wildman–Crippen LogP) is 2.89. The third-order valence-electron chi connectivity index (χ3n) is 2.79. The van der Waals surface area contributed by atoms with Crippen LogP contribution in [0, 0.1) is 6.92 Å². The molecule has 0 saturated carbocycles. The Morgan fingerprint density at radius 1 is 1.42 bits per heavy atom. The molecule has 4 nitrogen and oxygen atoms in total. The number of carbonyl (C=O) groups is 1. The second-order valence-electron chi connectivity index (χ2n) is 4.13. The van der Waals surface area contributed by atoms with Gasteiger partial charge in [0.15, 0.2) is 0 Å². The lowest BCUT2D eigenvalue weighted by Gasteiger charge is -2.08. The largest absolute Gasteiger partial charge is 0.465 e. The third kappa shape index (κ3) is 3.54. The fourth-order valence-electron chi connectivity index (χ4n) is 1.76. The molecule has 0 unspecified atom stereocenters. The van der Waals surface area contributed by atoms with Crippen LogP contribution in [0.15, 0.2) is 29.0 Å². The summed E-state index contributed by atoms with van der Waals surface area (Å²) in [5, 5.41) is 7.46. The van der Waals surface area contributed by atoms with Gasteiger partial charge >= 0.3 is 5.97 Å². The van der Waals surface area contributed by atoms with Crippen molar-refractivity contribution in [3.8, 4) is 0 Å². The molecule has 0 spiro atoms. The van der Waals surface area contributed by atoms with Crippen LogP contribution in [-0.4, -0.2) is 24.6 Å². The van der Waals surface area contributed by atoms with E-state index in [0.29, 0.717) is 11.3 Å². The summed E-state index contributed by atoms with van der Waals surface area (Å²) in [5.74, 6) is 0.426.